The zero-order chi connectivity index (χ0) is 15.2. The number of hydrogen-bond acceptors (Lipinski definition) is 3. The predicted octanol–water partition coefficient (Wildman–Crippen LogP) is 2.29. The lowest BCUT2D eigenvalue weighted by Crippen LogP contribution is -2.36. The number of para-hydroxylation sites is 1. The highest BCUT2D eigenvalue weighted by Gasteiger charge is 2.20. The third kappa shape index (κ3) is 3.86. The van der Waals surface area contributed by atoms with Gasteiger partial charge in [0.05, 0.1) is 17.9 Å². The van der Waals surface area contributed by atoms with Gasteiger partial charge in [-0.15, -0.1) is 0 Å². The van der Waals surface area contributed by atoms with Crippen molar-refractivity contribution < 1.29 is 13.9 Å². The molecule has 1 heterocycles. The lowest BCUT2D eigenvalue weighted by Gasteiger charge is -2.17. The minimum Gasteiger partial charge on any atom is -0.396 e. The van der Waals surface area contributed by atoms with E-state index in [2.05, 4.69) is 10.3 Å². The average Bonchev–Trinajstić information content (AvgIpc) is 2.85. The smallest absolute Gasteiger partial charge is 0.253 e. The Morgan fingerprint density at radius 3 is 2.62 bits per heavy atom. The topological polar surface area (TPSA) is 50.1 Å². The highest BCUT2D eigenvalue weighted by atomic mass is 19.3. The number of aromatic nitrogens is 2. The molecule has 0 saturated carbocycles. The maximum absolute atomic E-state index is 12.8. The number of rotatable bonds is 7. The van der Waals surface area contributed by atoms with Crippen LogP contribution in [0.5, 0.6) is 0 Å². The average molecular weight is 295 g/mol. The summed E-state index contributed by atoms with van der Waals surface area (Å²) in [4.78, 5) is 4.25. The van der Waals surface area contributed by atoms with Crippen molar-refractivity contribution >= 4 is 0 Å². The van der Waals surface area contributed by atoms with Crippen molar-refractivity contribution in [2.45, 2.75) is 32.4 Å². The Hall–Kier alpha value is -1.79. The van der Waals surface area contributed by atoms with Crippen molar-refractivity contribution in [3.05, 3.63) is 48.0 Å². The Balaban J connectivity index is 2.15. The molecule has 6 heteroatoms. The van der Waals surface area contributed by atoms with E-state index in [4.69, 9.17) is 5.11 Å². The Morgan fingerprint density at radius 2 is 2.00 bits per heavy atom. The molecule has 0 aliphatic carbocycles. The number of benzene rings is 1. The van der Waals surface area contributed by atoms with Crippen molar-refractivity contribution in [1.29, 1.82) is 0 Å². The van der Waals surface area contributed by atoms with Crippen LogP contribution in [0.15, 0.2) is 36.5 Å². The summed E-state index contributed by atoms with van der Waals surface area (Å²) in [6.07, 6.45) is -0.807. The summed E-state index contributed by atoms with van der Waals surface area (Å²) in [6, 6.07) is 8.61. The van der Waals surface area contributed by atoms with Crippen molar-refractivity contribution in [3.8, 4) is 5.69 Å². The van der Waals surface area contributed by atoms with Gasteiger partial charge in [-0.2, -0.15) is 0 Å². The standard InChI is InChI=1S/C15H19F2N3O/c1-11-18-9-13(10-19-14(7-8-21)15(16)17)20(11)12-5-3-2-4-6-12/h2-6,9,14-15,19,21H,7-8,10H2,1H3. The zero-order valence-electron chi connectivity index (χ0n) is 11.8. The van der Waals surface area contributed by atoms with E-state index in [0.29, 0.717) is 0 Å². The first-order valence-corrected chi connectivity index (χ1v) is 6.84. The second-order valence-corrected chi connectivity index (χ2v) is 4.80. The van der Waals surface area contributed by atoms with E-state index in [9.17, 15) is 8.78 Å². The summed E-state index contributed by atoms with van der Waals surface area (Å²) >= 11 is 0. The molecule has 0 aliphatic rings. The number of halogens is 2. The summed E-state index contributed by atoms with van der Waals surface area (Å²) in [5.41, 5.74) is 1.75. The van der Waals surface area contributed by atoms with Crippen LogP contribution in [-0.4, -0.2) is 33.7 Å². The van der Waals surface area contributed by atoms with Crippen LogP contribution in [0.2, 0.25) is 0 Å². The molecule has 1 aromatic carbocycles. The fraction of sp³-hybridized carbons (Fsp3) is 0.400. The van der Waals surface area contributed by atoms with E-state index in [1.54, 1.807) is 6.20 Å². The van der Waals surface area contributed by atoms with Crippen LogP contribution in [0.1, 0.15) is 17.9 Å². The number of nitrogens with one attached hydrogen (secondary N) is 1. The maximum atomic E-state index is 12.8. The highest BCUT2D eigenvalue weighted by Crippen LogP contribution is 2.15. The summed E-state index contributed by atoms with van der Waals surface area (Å²) < 4.78 is 27.6. The Kier molecular flexibility index (Phi) is 5.41. The minimum atomic E-state index is -2.51. The molecular weight excluding hydrogens is 276 g/mol. The molecule has 1 aromatic heterocycles. The van der Waals surface area contributed by atoms with Gasteiger partial charge in [-0.3, -0.25) is 4.57 Å². The number of aryl methyl sites for hydroxylation is 1. The van der Waals surface area contributed by atoms with Crippen molar-refractivity contribution in [1.82, 2.24) is 14.9 Å². The number of aliphatic hydroxyl groups excluding tert-OH is 1. The lowest BCUT2D eigenvalue weighted by molar-refractivity contribution is 0.0824. The van der Waals surface area contributed by atoms with E-state index in [1.165, 1.54) is 0 Å². The van der Waals surface area contributed by atoms with E-state index < -0.39 is 12.5 Å². The molecule has 0 spiro atoms. The fourth-order valence-electron chi connectivity index (χ4n) is 2.24. The third-order valence-electron chi connectivity index (χ3n) is 3.32. The van der Waals surface area contributed by atoms with Crippen LogP contribution in [0.25, 0.3) is 5.69 Å². The van der Waals surface area contributed by atoms with Crippen LogP contribution in [0.4, 0.5) is 8.78 Å². The molecule has 21 heavy (non-hydrogen) atoms. The van der Waals surface area contributed by atoms with Crippen LogP contribution >= 0.6 is 0 Å². The first-order valence-electron chi connectivity index (χ1n) is 6.84. The molecular formula is C15H19F2N3O. The molecule has 1 unspecified atom stereocenters. The quantitative estimate of drug-likeness (QED) is 0.824. The summed E-state index contributed by atoms with van der Waals surface area (Å²) in [5.74, 6) is 0.800. The molecule has 0 radical (unpaired) electrons. The van der Waals surface area contributed by atoms with Crippen molar-refractivity contribution in [2.75, 3.05) is 6.61 Å². The molecule has 2 aromatic rings. The van der Waals surface area contributed by atoms with Crippen molar-refractivity contribution in [2.24, 2.45) is 0 Å². The van der Waals surface area contributed by atoms with Crippen LogP contribution < -0.4 is 5.32 Å². The molecule has 0 saturated heterocycles. The van der Waals surface area contributed by atoms with Gasteiger partial charge >= 0.3 is 0 Å². The maximum Gasteiger partial charge on any atom is 0.253 e. The predicted molar refractivity (Wildman–Crippen MR) is 76.6 cm³/mol. The van der Waals surface area contributed by atoms with Gasteiger partial charge in [0, 0.05) is 18.8 Å². The largest absolute Gasteiger partial charge is 0.396 e. The SMILES string of the molecule is Cc1ncc(CNC(CCO)C(F)F)n1-c1ccccc1. The van der Waals surface area contributed by atoms with Gasteiger partial charge in [0.25, 0.3) is 6.43 Å². The minimum absolute atomic E-state index is 0.0239. The summed E-state index contributed by atoms with van der Waals surface area (Å²) in [7, 11) is 0. The zero-order valence-corrected chi connectivity index (χ0v) is 11.8. The van der Waals surface area contributed by atoms with Crippen LogP contribution in [0.3, 0.4) is 0 Å². The summed E-state index contributed by atoms with van der Waals surface area (Å²) in [5, 5.41) is 11.6. The van der Waals surface area contributed by atoms with Gasteiger partial charge in [-0.25, -0.2) is 13.8 Å². The van der Waals surface area contributed by atoms with E-state index in [-0.39, 0.29) is 19.6 Å². The Morgan fingerprint density at radius 1 is 1.29 bits per heavy atom. The molecule has 0 fully saturated rings. The second-order valence-electron chi connectivity index (χ2n) is 4.80. The molecule has 0 amide bonds. The van der Waals surface area contributed by atoms with Gasteiger partial charge in [0.1, 0.15) is 5.82 Å². The third-order valence-corrected chi connectivity index (χ3v) is 3.32. The van der Waals surface area contributed by atoms with Gasteiger partial charge in [0.15, 0.2) is 0 Å². The Bertz CT molecular complexity index is 557. The number of alkyl halides is 2. The number of imidazole rings is 1. The van der Waals surface area contributed by atoms with E-state index in [0.717, 1.165) is 17.2 Å². The van der Waals surface area contributed by atoms with Crippen molar-refractivity contribution in [3.63, 3.8) is 0 Å². The second kappa shape index (κ2) is 7.28. The first-order chi connectivity index (χ1) is 10.1. The monoisotopic (exact) mass is 295 g/mol. The van der Waals surface area contributed by atoms with Crippen LogP contribution in [-0.2, 0) is 6.54 Å². The van der Waals surface area contributed by atoms with E-state index in [1.807, 2.05) is 41.8 Å². The number of aliphatic hydroxyl groups is 1. The molecule has 0 bridgehead atoms. The summed E-state index contributed by atoms with van der Waals surface area (Å²) in [6.45, 7) is 1.87. The van der Waals surface area contributed by atoms with E-state index >= 15 is 0 Å². The first kappa shape index (κ1) is 15.6. The number of hydrogen-bond donors (Lipinski definition) is 2. The normalized spacial score (nSPS) is 12.8. The molecule has 0 aliphatic heterocycles. The molecule has 4 nitrogen and oxygen atoms in total. The van der Waals surface area contributed by atoms with Gasteiger partial charge in [-0.1, -0.05) is 18.2 Å². The highest BCUT2D eigenvalue weighted by molar-refractivity contribution is 5.35. The van der Waals surface area contributed by atoms with Gasteiger partial charge in [-0.05, 0) is 25.5 Å². The number of nitrogens with zero attached hydrogens (tertiary/aromatic N) is 2. The lowest BCUT2D eigenvalue weighted by atomic mass is 10.2. The molecule has 2 N–H and O–H groups in total. The molecule has 2 rings (SSSR count). The fourth-order valence-corrected chi connectivity index (χ4v) is 2.24. The molecule has 1 atom stereocenters. The van der Waals surface area contributed by atoms with Crippen LogP contribution in [0, 0.1) is 6.92 Å². The Labute approximate surface area is 122 Å². The van der Waals surface area contributed by atoms with Gasteiger partial charge in [0.2, 0.25) is 0 Å². The molecule has 114 valence electrons. The van der Waals surface area contributed by atoms with Gasteiger partial charge < -0.3 is 10.4 Å².